The van der Waals surface area contributed by atoms with E-state index >= 15 is 0 Å². The van der Waals surface area contributed by atoms with Crippen LogP contribution >= 0.6 is 0 Å². The number of hydrogen-bond acceptors (Lipinski definition) is 2. The number of rotatable bonds is 4. The van der Waals surface area contributed by atoms with Crippen molar-refractivity contribution in [2.75, 3.05) is 0 Å². The predicted molar refractivity (Wildman–Crippen MR) is 54.5 cm³/mol. The molecule has 1 saturated heterocycles. The maximum absolute atomic E-state index is 11.3. The largest absolute Gasteiger partial charge is 0.296 e. The lowest BCUT2D eigenvalue weighted by Crippen LogP contribution is -2.40. The van der Waals surface area contributed by atoms with E-state index in [4.69, 9.17) is 0 Å². The zero-order chi connectivity index (χ0) is 10.4. The van der Waals surface area contributed by atoms with Gasteiger partial charge in [-0.2, -0.15) is 0 Å². The number of carbonyl (C=O) groups is 2. The minimum atomic E-state index is -0.135. The van der Waals surface area contributed by atoms with E-state index in [0.29, 0.717) is 12.8 Å². The van der Waals surface area contributed by atoms with Gasteiger partial charge < -0.3 is 0 Å². The number of carbonyl (C=O) groups excluding carboxylic acids is 2. The zero-order valence-electron chi connectivity index (χ0n) is 8.58. The summed E-state index contributed by atoms with van der Waals surface area (Å²) in [6.07, 6.45) is 8.28. The van der Waals surface area contributed by atoms with Crippen LogP contribution in [0.25, 0.3) is 0 Å². The van der Waals surface area contributed by atoms with Crippen LogP contribution in [-0.2, 0) is 9.59 Å². The molecule has 1 N–H and O–H groups in total. The molecular formula is C11H17NO2. The lowest BCUT2D eigenvalue weighted by molar-refractivity contribution is -0.136. The fourth-order valence-corrected chi connectivity index (χ4v) is 1.51. The molecule has 2 amide bonds. The molecular weight excluding hydrogens is 178 g/mol. The Bertz CT molecular complexity index is 246. The summed E-state index contributed by atoms with van der Waals surface area (Å²) >= 11 is 0. The zero-order valence-corrected chi connectivity index (χ0v) is 8.58. The van der Waals surface area contributed by atoms with Gasteiger partial charge in [0.1, 0.15) is 0 Å². The van der Waals surface area contributed by atoms with E-state index in [1.807, 2.05) is 6.08 Å². The number of unbranched alkanes of at least 4 members (excludes halogenated alkanes) is 1. The van der Waals surface area contributed by atoms with Crippen molar-refractivity contribution in [1.82, 2.24) is 5.32 Å². The van der Waals surface area contributed by atoms with Crippen molar-refractivity contribution >= 4 is 11.8 Å². The summed E-state index contributed by atoms with van der Waals surface area (Å²) in [5, 5.41) is 2.36. The highest BCUT2D eigenvalue weighted by Crippen LogP contribution is 2.16. The summed E-state index contributed by atoms with van der Waals surface area (Å²) in [5.41, 5.74) is 0. The molecule has 3 heteroatoms. The molecule has 0 aromatic carbocycles. The second kappa shape index (κ2) is 5.58. The van der Waals surface area contributed by atoms with Crippen LogP contribution in [0, 0.1) is 5.92 Å². The molecule has 78 valence electrons. The van der Waals surface area contributed by atoms with Gasteiger partial charge in [-0.1, -0.05) is 25.5 Å². The average molecular weight is 195 g/mol. The summed E-state index contributed by atoms with van der Waals surface area (Å²) < 4.78 is 0. The van der Waals surface area contributed by atoms with Crippen LogP contribution in [0.3, 0.4) is 0 Å². The molecule has 0 spiro atoms. The Morgan fingerprint density at radius 2 is 2.21 bits per heavy atom. The van der Waals surface area contributed by atoms with Gasteiger partial charge >= 0.3 is 0 Å². The second-order valence-corrected chi connectivity index (χ2v) is 3.64. The number of amides is 2. The van der Waals surface area contributed by atoms with Crippen LogP contribution in [0.15, 0.2) is 12.2 Å². The molecule has 3 nitrogen and oxygen atoms in total. The second-order valence-electron chi connectivity index (χ2n) is 3.64. The van der Waals surface area contributed by atoms with Crippen LogP contribution in [0.2, 0.25) is 0 Å². The first-order chi connectivity index (χ1) is 6.74. The van der Waals surface area contributed by atoms with Crippen molar-refractivity contribution in [2.24, 2.45) is 5.92 Å². The molecule has 0 aliphatic carbocycles. The monoisotopic (exact) mass is 195 g/mol. The molecule has 0 aromatic heterocycles. The third-order valence-electron chi connectivity index (χ3n) is 2.40. The molecule has 1 rings (SSSR count). The van der Waals surface area contributed by atoms with E-state index in [1.54, 1.807) is 0 Å². The highest BCUT2D eigenvalue weighted by atomic mass is 16.2. The summed E-state index contributed by atoms with van der Waals surface area (Å²) in [4.78, 5) is 22.1. The topological polar surface area (TPSA) is 46.2 Å². The van der Waals surface area contributed by atoms with Gasteiger partial charge in [-0.3, -0.25) is 14.9 Å². The smallest absolute Gasteiger partial charge is 0.229 e. The van der Waals surface area contributed by atoms with Gasteiger partial charge in [-0.25, -0.2) is 0 Å². The van der Waals surface area contributed by atoms with Crippen molar-refractivity contribution in [3.63, 3.8) is 0 Å². The van der Waals surface area contributed by atoms with Crippen LogP contribution in [0.4, 0.5) is 0 Å². The molecule has 14 heavy (non-hydrogen) atoms. The van der Waals surface area contributed by atoms with E-state index < -0.39 is 0 Å². The molecule has 1 fully saturated rings. The van der Waals surface area contributed by atoms with Gasteiger partial charge in [0.15, 0.2) is 0 Å². The maximum Gasteiger partial charge on any atom is 0.229 e. The van der Waals surface area contributed by atoms with E-state index in [1.165, 1.54) is 0 Å². The number of piperidine rings is 1. The highest BCUT2D eigenvalue weighted by Gasteiger charge is 2.24. The van der Waals surface area contributed by atoms with Crippen LogP contribution < -0.4 is 5.32 Å². The lowest BCUT2D eigenvalue weighted by Gasteiger charge is -2.18. The van der Waals surface area contributed by atoms with Crippen LogP contribution in [0.5, 0.6) is 0 Å². The standard InChI is InChI=1S/C11H17NO2/c1-2-3-4-5-6-9-7-8-10(13)12-11(9)14/h4-5,9H,2-3,6-8H2,1H3,(H,12,13,14)/b5-4+/t9-/m0/s1. The van der Waals surface area contributed by atoms with E-state index in [9.17, 15) is 9.59 Å². The Labute approximate surface area is 84.6 Å². The third-order valence-corrected chi connectivity index (χ3v) is 2.40. The van der Waals surface area contributed by atoms with Gasteiger partial charge in [-0.15, -0.1) is 0 Å². The minimum Gasteiger partial charge on any atom is -0.296 e. The molecule has 0 unspecified atom stereocenters. The summed E-state index contributed by atoms with van der Waals surface area (Å²) in [7, 11) is 0. The number of allylic oxidation sites excluding steroid dienone is 2. The lowest BCUT2D eigenvalue weighted by atomic mass is 9.94. The predicted octanol–water partition coefficient (Wildman–Crippen LogP) is 1.79. The summed E-state index contributed by atoms with van der Waals surface area (Å²) in [6, 6.07) is 0. The van der Waals surface area contributed by atoms with Crippen molar-refractivity contribution in [3.8, 4) is 0 Å². The van der Waals surface area contributed by atoms with E-state index in [0.717, 1.165) is 19.3 Å². The SMILES string of the molecule is CCC/C=C/C[C@H]1CCC(=O)NC1=O. The average Bonchev–Trinajstić information content (AvgIpc) is 2.15. The van der Waals surface area contributed by atoms with Gasteiger partial charge in [0.2, 0.25) is 11.8 Å². The first kappa shape index (κ1) is 11.0. The van der Waals surface area contributed by atoms with Gasteiger partial charge in [0.05, 0.1) is 0 Å². The molecule has 1 atom stereocenters. The van der Waals surface area contributed by atoms with Crippen molar-refractivity contribution in [2.45, 2.75) is 39.0 Å². The number of hydrogen-bond donors (Lipinski definition) is 1. The van der Waals surface area contributed by atoms with Gasteiger partial charge in [0, 0.05) is 12.3 Å². The van der Waals surface area contributed by atoms with Gasteiger partial charge in [0.25, 0.3) is 0 Å². The molecule has 0 bridgehead atoms. The van der Waals surface area contributed by atoms with Crippen molar-refractivity contribution in [3.05, 3.63) is 12.2 Å². The Hall–Kier alpha value is -1.12. The van der Waals surface area contributed by atoms with E-state index in [2.05, 4.69) is 18.3 Å². The fourth-order valence-electron chi connectivity index (χ4n) is 1.51. The van der Waals surface area contributed by atoms with Crippen molar-refractivity contribution < 1.29 is 9.59 Å². The molecule has 0 radical (unpaired) electrons. The Morgan fingerprint density at radius 1 is 1.43 bits per heavy atom. The van der Waals surface area contributed by atoms with E-state index in [-0.39, 0.29) is 17.7 Å². The quantitative estimate of drug-likeness (QED) is 0.549. The highest BCUT2D eigenvalue weighted by molar-refractivity contribution is 5.98. The third kappa shape index (κ3) is 3.32. The first-order valence-electron chi connectivity index (χ1n) is 5.22. The summed E-state index contributed by atoms with van der Waals surface area (Å²) in [5.74, 6) is -0.244. The number of imide groups is 1. The Kier molecular flexibility index (Phi) is 4.36. The molecule has 1 aliphatic heterocycles. The fraction of sp³-hybridized carbons (Fsp3) is 0.636. The Morgan fingerprint density at radius 3 is 2.86 bits per heavy atom. The van der Waals surface area contributed by atoms with Gasteiger partial charge in [-0.05, 0) is 19.3 Å². The molecule has 1 aliphatic rings. The normalized spacial score (nSPS) is 22.8. The van der Waals surface area contributed by atoms with Crippen LogP contribution in [-0.4, -0.2) is 11.8 Å². The molecule has 0 aromatic rings. The summed E-state index contributed by atoms with van der Waals surface area (Å²) in [6.45, 7) is 2.12. The minimum absolute atomic E-state index is 0.000746. The first-order valence-corrected chi connectivity index (χ1v) is 5.22. The molecule has 0 saturated carbocycles. The molecule has 1 heterocycles. The Balaban J connectivity index is 2.31. The van der Waals surface area contributed by atoms with Crippen LogP contribution in [0.1, 0.15) is 39.0 Å². The van der Waals surface area contributed by atoms with Crippen molar-refractivity contribution in [1.29, 1.82) is 0 Å². The maximum atomic E-state index is 11.3. The number of nitrogens with one attached hydrogen (secondary N) is 1.